The number of nitrogens with zero attached hydrogens (tertiary/aromatic N) is 3. The number of aromatic nitrogens is 2. The van der Waals surface area contributed by atoms with Gasteiger partial charge >= 0.3 is 0 Å². The lowest BCUT2D eigenvalue weighted by molar-refractivity contribution is -0.159. The molecule has 5 fully saturated rings. The standard InChI is InChI=1S/C19H27N3O2/c1-12-20-17(24-21-12)16-3-2-4-22(11-16)18(23)19-8-13-5-14(9-19)7-15(6-13)10-19/h13-16H,2-11H2,1H3. The van der Waals surface area contributed by atoms with E-state index in [0.717, 1.165) is 68.8 Å². The highest BCUT2D eigenvalue weighted by Crippen LogP contribution is 2.60. The third-order valence-corrected chi connectivity index (χ3v) is 7.09. The van der Waals surface area contributed by atoms with Gasteiger partial charge in [-0.25, -0.2) is 0 Å². The summed E-state index contributed by atoms with van der Waals surface area (Å²) in [6.45, 7) is 3.53. The maximum Gasteiger partial charge on any atom is 0.231 e. The molecule has 1 atom stereocenters. The third kappa shape index (κ3) is 2.31. The first-order valence-corrected chi connectivity index (χ1v) is 9.71. The summed E-state index contributed by atoms with van der Waals surface area (Å²) in [5.41, 5.74) is -0.0264. The van der Waals surface area contributed by atoms with Crippen LogP contribution in [-0.4, -0.2) is 34.0 Å². The normalized spacial score (nSPS) is 41.0. The van der Waals surface area contributed by atoms with Gasteiger partial charge in [0.25, 0.3) is 0 Å². The monoisotopic (exact) mass is 329 g/mol. The van der Waals surface area contributed by atoms with Crippen LogP contribution in [0.25, 0.3) is 0 Å². The van der Waals surface area contributed by atoms with Crippen molar-refractivity contribution in [1.82, 2.24) is 15.0 Å². The van der Waals surface area contributed by atoms with Crippen LogP contribution < -0.4 is 0 Å². The number of carbonyl (C=O) groups excluding carboxylic acids is 1. The van der Waals surface area contributed by atoms with E-state index in [1.165, 1.54) is 19.3 Å². The Bertz CT molecular complexity index is 618. The fraction of sp³-hybridized carbons (Fsp3) is 0.842. The molecule has 0 radical (unpaired) electrons. The summed E-state index contributed by atoms with van der Waals surface area (Å²) in [5.74, 6) is 4.53. The number of carbonyl (C=O) groups is 1. The van der Waals surface area contributed by atoms with Crippen LogP contribution >= 0.6 is 0 Å². The first kappa shape index (κ1) is 14.9. The molecule has 1 aromatic rings. The fourth-order valence-electron chi connectivity index (χ4n) is 6.55. The second-order valence-electron chi connectivity index (χ2n) is 8.97. The molecule has 5 heteroatoms. The van der Waals surface area contributed by atoms with Crippen molar-refractivity contribution in [3.05, 3.63) is 11.7 Å². The van der Waals surface area contributed by atoms with Gasteiger partial charge in [0, 0.05) is 13.1 Å². The van der Waals surface area contributed by atoms with Crippen LogP contribution in [0.2, 0.25) is 0 Å². The topological polar surface area (TPSA) is 59.2 Å². The van der Waals surface area contributed by atoms with Gasteiger partial charge in [-0.15, -0.1) is 0 Å². The molecule has 4 saturated carbocycles. The Hall–Kier alpha value is -1.39. The molecule has 1 saturated heterocycles. The van der Waals surface area contributed by atoms with Crippen LogP contribution in [0.3, 0.4) is 0 Å². The van der Waals surface area contributed by atoms with E-state index in [-0.39, 0.29) is 11.3 Å². The fourth-order valence-corrected chi connectivity index (χ4v) is 6.55. The molecular formula is C19H27N3O2. The van der Waals surface area contributed by atoms with Crippen LogP contribution in [0.1, 0.15) is 69.0 Å². The van der Waals surface area contributed by atoms with E-state index in [1.807, 2.05) is 6.92 Å². The molecule has 5 aliphatic rings. The summed E-state index contributed by atoms with van der Waals surface area (Å²) in [4.78, 5) is 20.0. The summed E-state index contributed by atoms with van der Waals surface area (Å²) < 4.78 is 5.38. The molecule has 1 unspecified atom stereocenters. The molecule has 24 heavy (non-hydrogen) atoms. The van der Waals surface area contributed by atoms with Gasteiger partial charge in [-0.1, -0.05) is 5.16 Å². The summed E-state index contributed by atoms with van der Waals surface area (Å²) in [7, 11) is 0. The largest absolute Gasteiger partial charge is 0.341 e. The zero-order valence-corrected chi connectivity index (χ0v) is 14.5. The van der Waals surface area contributed by atoms with Crippen LogP contribution in [0.5, 0.6) is 0 Å². The van der Waals surface area contributed by atoms with Crippen molar-refractivity contribution in [3.63, 3.8) is 0 Å². The van der Waals surface area contributed by atoms with Crippen molar-refractivity contribution < 1.29 is 9.32 Å². The number of hydrogen-bond donors (Lipinski definition) is 0. The summed E-state index contributed by atoms with van der Waals surface area (Å²) in [5, 5.41) is 3.93. The first-order valence-electron chi connectivity index (χ1n) is 9.71. The molecule has 4 aliphatic carbocycles. The molecule has 2 heterocycles. The lowest BCUT2D eigenvalue weighted by Crippen LogP contribution is -2.55. The van der Waals surface area contributed by atoms with Gasteiger partial charge in [0.2, 0.25) is 11.8 Å². The molecule has 1 aromatic heterocycles. The van der Waals surface area contributed by atoms with Crippen LogP contribution in [0.15, 0.2) is 4.52 Å². The van der Waals surface area contributed by atoms with E-state index in [4.69, 9.17) is 4.52 Å². The SMILES string of the molecule is Cc1noc(C2CCCN(C(=O)C34CC5CC(CC(C5)C3)C4)C2)n1. The smallest absolute Gasteiger partial charge is 0.231 e. The van der Waals surface area contributed by atoms with Gasteiger partial charge < -0.3 is 9.42 Å². The van der Waals surface area contributed by atoms with Gasteiger partial charge in [0.1, 0.15) is 0 Å². The van der Waals surface area contributed by atoms with Gasteiger partial charge in [0.15, 0.2) is 5.82 Å². The Kier molecular flexibility index (Phi) is 3.29. The summed E-state index contributed by atoms with van der Waals surface area (Å²) >= 11 is 0. The minimum atomic E-state index is -0.0264. The van der Waals surface area contributed by atoms with E-state index in [2.05, 4.69) is 15.0 Å². The molecule has 1 aliphatic heterocycles. The quantitative estimate of drug-likeness (QED) is 0.835. The minimum Gasteiger partial charge on any atom is -0.341 e. The van der Waals surface area contributed by atoms with Gasteiger partial charge in [-0.3, -0.25) is 4.79 Å². The number of aryl methyl sites for hydroxylation is 1. The van der Waals surface area contributed by atoms with E-state index in [9.17, 15) is 4.79 Å². The van der Waals surface area contributed by atoms with E-state index < -0.39 is 0 Å². The Morgan fingerprint density at radius 3 is 2.42 bits per heavy atom. The second kappa shape index (κ2) is 5.30. The van der Waals surface area contributed by atoms with Gasteiger partial charge in [0.05, 0.1) is 11.3 Å². The molecule has 0 spiro atoms. The highest BCUT2D eigenvalue weighted by Gasteiger charge is 2.55. The maximum atomic E-state index is 13.5. The third-order valence-electron chi connectivity index (χ3n) is 7.09. The molecule has 4 bridgehead atoms. The van der Waals surface area contributed by atoms with Crippen LogP contribution in [-0.2, 0) is 4.79 Å². The molecule has 5 nitrogen and oxygen atoms in total. The zero-order chi connectivity index (χ0) is 16.3. The summed E-state index contributed by atoms with van der Waals surface area (Å²) in [6.07, 6.45) is 9.70. The zero-order valence-electron chi connectivity index (χ0n) is 14.5. The van der Waals surface area contributed by atoms with Crippen molar-refractivity contribution >= 4 is 5.91 Å². The average Bonchev–Trinajstić information content (AvgIpc) is 3.00. The number of piperidine rings is 1. The number of rotatable bonds is 2. The number of amides is 1. The summed E-state index contributed by atoms with van der Waals surface area (Å²) in [6, 6.07) is 0. The van der Waals surface area contributed by atoms with Gasteiger partial charge in [-0.05, 0) is 76.0 Å². The number of hydrogen-bond acceptors (Lipinski definition) is 4. The predicted octanol–water partition coefficient (Wildman–Crippen LogP) is 3.30. The Morgan fingerprint density at radius 1 is 1.17 bits per heavy atom. The van der Waals surface area contributed by atoms with E-state index >= 15 is 0 Å². The molecule has 6 rings (SSSR count). The van der Waals surface area contributed by atoms with Crippen molar-refractivity contribution in [3.8, 4) is 0 Å². The average molecular weight is 329 g/mol. The maximum absolute atomic E-state index is 13.5. The van der Waals surface area contributed by atoms with Crippen molar-refractivity contribution in [2.24, 2.45) is 23.2 Å². The first-order chi connectivity index (χ1) is 11.6. The molecule has 0 aromatic carbocycles. The van der Waals surface area contributed by atoms with Crippen molar-refractivity contribution in [2.45, 2.75) is 64.2 Å². The second-order valence-corrected chi connectivity index (χ2v) is 8.97. The van der Waals surface area contributed by atoms with Crippen LogP contribution in [0, 0.1) is 30.1 Å². The minimum absolute atomic E-state index is 0.0264. The van der Waals surface area contributed by atoms with E-state index in [0.29, 0.717) is 11.7 Å². The molecule has 0 N–H and O–H groups in total. The highest BCUT2D eigenvalue weighted by atomic mass is 16.5. The molecule has 1 amide bonds. The Balaban J connectivity index is 1.35. The Morgan fingerprint density at radius 2 is 1.83 bits per heavy atom. The lowest BCUT2D eigenvalue weighted by atomic mass is 9.49. The Labute approximate surface area is 143 Å². The van der Waals surface area contributed by atoms with E-state index in [1.54, 1.807) is 0 Å². The highest BCUT2D eigenvalue weighted by molar-refractivity contribution is 5.83. The van der Waals surface area contributed by atoms with Crippen LogP contribution in [0.4, 0.5) is 0 Å². The number of likely N-dealkylation sites (tertiary alicyclic amines) is 1. The van der Waals surface area contributed by atoms with Gasteiger partial charge in [-0.2, -0.15) is 4.98 Å². The van der Waals surface area contributed by atoms with Crippen molar-refractivity contribution in [1.29, 1.82) is 0 Å². The molecule has 130 valence electrons. The lowest BCUT2D eigenvalue weighted by Gasteiger charge is -2.57. The molecular weight excluding hydrogens is 302 g/mol. The predicted molar refractivity (Wildman–Crippen MR) is 88.2 cm³/mol. The van der Waals surface area contributed by atoms with Crippen molar-refractivity contribution in [2.75, 3.05) is 13.1 Å².